The van der Waals surface area contributed by atoms with Gasteiger partial charge in [-0.2, -0.15) is 5.10 Å². The summed E-state index contributed by atoms with van der Waals surface area (Å²) in [7, 11) is 0. The van der Waals surface area contributed by atoms with Crippen LogP contribution in [-0.2, 0) is 0 Å². The highest BCUT2D eigenvalue weighted by Gasteiger charge is 2.18. The molecule has 0 amide bonds. The minimum absolute atomic E-state index is 0.188. The number of nitrogens with one attached hydrogen (secondary N) is 1. The van der Waals surface area contributed by atoms with Gasteiger partial charge in [0.2, 0.25) is 0 Å². The molecule has 0 atom stereocenters. The lowest BCUT2D eigenvalue weighted by molar-refractivity contribution is 0.189. The number of pyridine rings is 3. The highest BCUT2D eigenvalue weighted by molar-refractivity contribution is 5.84. The van der Waals surface area contributed by atoms with Crippen molar-refractivity contribution in [1.82, 2.24) is 30.0 Å². The number of aromatic amines is 1. The number of hydrogen-bond donors (Lipinski definition) is 2. The van der Waals surface area contributed by atoms with E-state index < -0.39 is 0 Å². The molecule has 9 heteroatoms. The van der Waals surface area contributed by atoms with E-state index in [0.717, 1.165) is 54.2 Å². The van der Waals surface area contributed by atoms with Gasteiger partial charge in [-0.1, -0.05) is 0 Å². The van der Waals surface area contributed by atoms with E-state index >= 15 is 0 Å². The Kier molecular flexibility index (Phi) is 5.50. The Morgan fingerprint density at radius 3 is 2.59 bits per heavy atom. The second-order valence-corrected chi connectivity index (χ2v) is 7.90. The van der Waals surface area contributed by atoms with E-state index in [0.29, 0.717) is 23.6 Å². The third-order valence-corrected chi connectivity index (χ3v) is 5.87. The number of fused-ring (bicyclic) bond motifs is 1. The van der Waals surface area contributed by atoms with Crippen molar-refractivity contribution in [2.75, 3.05) is 44.2 Å². The molecule has 1 aliphatic heterocycles. The van der Waals surface area contributed by atoms with Gasteiger partial charge in [-0.25, -0.2) is 14.4 Å². The summed E-state index contributed by atoms with van der Waals surface area (Å²) in [5.74, 6) is -0.338. The molecule has 0 aliphatic carbocycles. The number of aliphatic hydroxyl groups is 1. The van der Waals surface area contributed by atoms with Gasteiger partial charge in [-0.05, 0) is 37.3 Å². The first kappa shape index (κ1) is 20.5. The second kappa shape index (κ2) is 8.60. The first-order valence-corrected chi connectivity index (χ1v) is 10.6. The van der Waals surface area contributed by atoms with Gasteiger partial charge in [0.25, 0.3) is 0 Å². The molecule has 0 bridgehead atoms. The largest absolute Gasteiger partial charge is 0.395 e. The van der Waals surface area contributed by atoms with Crippen molar-refractivity contribution >= 4 is 16.7 Å². The lowest BCUT2D eigenvalue weighted by Gasteiger charge is -2.35. The van der Waals surface area contributed by atoms with Crippen molar-refractivity contribution in [2.24, 2.45) is 0 Å². The summed E-state index contributed by atoms with van der Waals surface area (Å²) in [5, 5.41) is 16.3. The Bertz CT molecular complexity index is 1250. The molecule has 1 aliphatic rings. The fourth-order valence-corrected chi connectivity index (χ4v) is 4.05. The number of β-amino-alcohol motifs (C(OH)–C–C–N with tert-alkyl or cyclic N) is 1. The number of nitrogens with zero attached hydrogens (tertiary/aromatic N) is 6. The lowest BCUT2D eigenvalue weighted by atomic mass is 10.1. The average molecular weight is 433 g/mol. The average Bonchev–Trinajstić information content (AvgIpc) is 3.31. The van der Waals surface area contributed by atoms with E-state index in [1.807, 2.05) is 18.3 Å². The number of halogens is 1. The third kappa shape index (κ3) is 3.92. The first-order chi connectivity index (χ1) is 15.6. The van der Waals surface area contributed by atoms with Crippen LogP contribution in [0, 0.1) is 12.7 Å². The van der Waals surface area contributed by atoms with Gasteiger partial charge in [-0.15, -0.1) is 0 Å². The van der Waals surface area contributed by atoms with Crippen molar-refractivity contribution in [3.8, 4) is 22.6 Å². The number of hydrogen-bond acceptors (Lipinski definition) is 7. The Labute approximate surface area is 184 Å². The molecule has 0 spiro atoms. The molecular weight excluding hydrogens is 409 g/mol. The van der Waals surface area contributed by atoms with E-state index in [9.17, 15) is 4.39 Å². The molecule has 0 saturated carbocycles. The zero-order valence-electron chi connectivity index (χ0n) is 17.8. The van der Waals surface area contributed by atoms with E-state index in [1.54, 1.807) is 19.2 Å². The Balaban J connectivity index is 1.45. The molecule has 4 aromatic heterocycles. The van der Waals surface area contributed by atoms with Crippen LogP contribution in [0.1, 0.15) is 5.69 Å². The van der Waals surface area contributed by atoms with Crippen LogP contribution in [0.15, 0.2) is 42.7 Å². The Morgan fingerprint density at radius 1 is 1.00 bits per heavy atom. The van der Waals surface area contributed by atoms with Gasteiger partial charge in [-0.3, -0.25) is 15.0 Å². The second-order valence-electron chi connectivity index (χ2n) is 7.90. The minimum atomic E-state index is -0.338. The van der Waals surface area contributed by atoms with Crippen molar-refractivity contribution in [1.29, 1.82) is 0 Å². The topological polar surface area (TPSA) is 94.1 Å². The predicted molar refractivity (Wildman–Crippen MR) is 121 cm³/mol. The van der Waals surface area contributed by atoms with E-state index in [-0.39, 0.29) is 12.4 Å². The summed E-state index contributed by atoms with van der Waals surface area (Å²) in [6.45, 7) is 6.13. The van der Waals surface area contributed by atoms with Crippen LogP contribution in [0.3, 0.4) is 0 Å². The number of anilines is 1. The Hall–Kier alpha value is -3.43. The van der Waals surface area contributed by atoms with Gasteiger partial charge in [0.1, 0.15) is 5.82 Å². The normalized spacial score (nSPS) is 14.9. The van der Waals surface area contributed by atoms with Crippen LogP contribution in [0.5, 0.6) is 0 Å². The third-order valence-electron chi connectivity index (χ3n) is 5.87. The maximum absolute atomic E-state index is 13.7. The Morgan fingerprint density at radius 2 is 1.81 bits per heavy atom. The molecule has 0 radical (unpaired) electrons. The molecule has 32 heavy (non-hydrogen) atoms. The highest BCUT2D eigenvalue weighted by Crippen LogP contribution is 2.30. The van der Waals surface area contributed by atoms with Crippen LogP contribution < -0.4 is 4.90 Å². The zero-order valence-corrected chi connectivity index (χ0v) is 17.8. The quantitative estimate of drug-likeness (QED) is 0.500. The molecule has 8 nitrogen and oxygen atoms in total. The lowest BCUT2D eigenvalue weighted by Crippen LogP contribution is -2.47. The van der Waals surface area contributed by atoms with Gasteiger partial charge in [0.05, 0.1) is 58.5 Å². The van der Waals surface area contributed by atoms with Gasteiger partial charge in [0, 0.05) is 38.3 Å². The van der Waals surface area contributed by atoms with Crippen molar-refractivity contribution in [2.45, 2.75) is 6.92 Å². The molecule has 164 valence electrons. The standard InChI is InChI=1S/C23H24FN7O/c1-15-18(24)2-3-21(27-15)23-17(14-26-29-23)19-4-5-20-22(28-19)12-16(13-25-20)31-8-6-30(7-9-31)10-11-32/h2-5,12-14,32H,6-11H2,1H3,(H,26,29). The minimum Gasteiger partial charge on any atom is -0.395 e. The maximum atomic E-state index is 13.7. The molecule has 5 heterocycles. The van der Waals surface area contributed by atoms with E-state index in [1.165, 1.54) is 6.07 Å². The fourth-order valence-electron chi connectivity index (χ4n) is 4.05. The van der Waals surface area contributed by atoms with Crippen molar-refractivity contribution < 1.29 is 9.50 Å². The predicted octanol–water partition coefficient (Wildman–Crippen LogP) is 2.64. The van der Waals surface area contributed by atoms with Crippen molar-refractivity contribution in [3.05, 3.63) is 54.2 Å². The number of H-pyrrole nitrogens is 1. The monoisotopic (exact) mass is 433 g/mol. The van der Waals surface area contributed by atoms with Crippen LogP contribution in [0.25, 0.3) is 33.7 Å². The summed E-state index contributed by atoms with van der Waals surface area (Å²) < 4.78 is 13.7. The van der Waals surface area contributed by atoms with Crippen LogP contribution in [0.4, 0.5) is 10.1 Å². The summed E-state index contributed by atoms with van der Waals surface area (Å²) >= 11 is 0. The smallest absolute Gasteiger partial charge is 0.144 e. The summed E-state index contributed by atoms with van der Waals surface area (Å²) in [6, 6.07) is 8.96. The molecule has 0 unspecified atom stereocenters. The fraction of sp³-hybridized carbons (Fsp3) is 0.304. The van der Waals surface area contributed by atoms with Gasteiger partial charge in [0.15, 0.2) is 0 Å². The van der Waals surface area contributed by atoms with E-state index in [2.05, 4.69) is 36.0 Å². The van der Waals surface area contributed by atoms with Gasteiger partial charge >= 0.3 is 0 Å². The number of piperazine rings is 1. The van der Waals surface area contributed by atoms with Crippen molar-refractivity contribution in [3.63, 3.8) is 0 Å². The molecule has 4 aromatic rings. The molecule has 5 rings (SSSR count). The summed E-state index contributed by atoms with van der Waals surface area (Å²) in [5.41, 5.74) is 5.85. The molecule has 0 aromatic carbocycles. The zero-order chi connectivity index (χ0) is 22.1. The van der Waals surface area contributed by atoms with Crippen LogP contribution in [-0.4, -0.2) is 74.5 Å². The maximum Gasteiger partial charge on any atom is 0.144 e. The van der Waals surface area contributed by atoms with Gasteiger partial charge < -0.3 is 10.0 Å². The first-order valence-electron chi connectivity index (χ1n) is 10.6. The molecular formula is C23H24FN7O. The number of aliphatic hydroxyl groups excluding tert-OH is 1. The summed E-state index contributed by atoms with van der Waals surface area (Å²) in [4.78, 5) is 18.3. The molecule has 1 fully saturated rings. The highest BCUT2D eigenvalue weighted by atomic mass is 19.1. The van der Waals surface area contributed by atoms with Crippen LogP contribution >= 0.6 is 0 Å². The van der Waals surface area contributed by atoms with E-state index in [4.69, 9.17) is 10.1 Å². The summed E-state index contributed by atoms with van der Waals surface area (Å²) in [6.07, 6.45) is 3.60. The SMILES string of the molecule is Cc1nc(-c2[nH]ncc2-c2ccc3ncc(N4CCN(CCO)CC4)cc3n2)ccc1F. The number of aryl methyl sites for hydroxylation is 1. The molecule has 2 N–H and O–H groups in total. The van der Waals surface area contributed by atoms with Crippen LogP contribution in [0.2, 0.25) is 0 Å². The number of aromatic nitrogens is 5. The molecule has 1 saturated heterocycles. The number of rotatable bonds is 5.